The van der Waals surface area contributed by atoms with Crippen LogP contribution in [0.1, 0.15) is 28.1 Å². The van der Waals surface area contributed by atoms with Crippen molar-refractivity contribution in [2.24, 2.45) is 5.73 Å². The van der Waals surface area contributed by atoms with E-state index in [1.807, 2.05) is 32.0 Å². The van der Waals surface area contributed by atoms with Gasteiger partial charge in [0.05, 0.1) is 5.69 Å². The fourth-order valence-corrected chi connectivity index (χ4v) is 2.75. The summed E-state index contributed by atoms with van der Waals surface area (Å²) < 4.78 is 5.88. The van der Waals surface area contributed by atoms with Gasteiger partial charge in [0.15, 0.2) is 0 Å². The Kier molecular flexibility index (Phi) is 4.56. The molecule has 2 aromatic rings. The van der Waals surface area contributed by atoms with Crippen molar-refractivity contribution < 1.29 is 4.74 Å². The van der Waals surface area contributed by atoms with Gasteiger partial charge >= 0.3 is 0 Å². The molecule has 1 unspecified atom stereocenters. The van der Waals surface area contributed by atoms with Crippen LogP contribution in [0.3, 0.4) is 0 Å². The molecule has 0 radical (unpaired) electrons. The standard InChI is InChI=1S/C15H20N2OS/c1-10(16)8-13-6-4-5-7-14(13)18-9-15-17-11(2)12(3)19-15/h4-7,10H,8-9,16H2,1-3H3. The van der Waals surface area contributed by atoms with Gasteiger partial charge in [0, 0.05) is 10.9 Å². The van der Waals surface area contributed by atoms with Gasteiger partial charge in [0.25, 0.3) is 0 Å². The molecular formula is C15H20N2OS. The van der Waals surface area contributed by atoms with Crippen LogP contribution in [0, 0.1) is 13.8 Å². The van der Waals surface area contributed by atoms with Gasteiger partial charge in [-0.3, -0.25) is 0 Å². The Hall–Kier alpha value is -1.39. The van der Waals surface area contributed by atoms with Crippen LogP contribution in [0.15, 0.2) is 24.3 Å². The van der Waals surface area contributed by atoms with E-state index in [4.69, 9.17) is 10.5 Å². The van der Waals surface area contributed by atoms with Crippen molar-refractivity contribution in [1.29, 1.82) is 0 Å². The summed E-state index contributed by atoms with van der Waals surface area (Å²) in [4.78, 5) is 5.74. The van der Waals surface area contributed by atoms with Gasteiger partial charge in [-0.25, -0.2) is 4.98 Å². The number of benzene rings is 1. The molecule has 0 amide bonds. The van der Waals surface area contributed by atoms with Crippen LogP contribution in [0.4, 0.5) is 0 Å². The Morgan fingerprint density at radius 1 is 1.32 bits per heavy atom. The number of nitrogens with two attached hydrogens (primary N) is 1. The molecule has 0 saturated carbocycles. The molecule has 1 aromatic carbocycles. The van der Waals surface area contributed by atoms with Crippen molar-refractivity contribution in [3.8, 4) is 5.75 Å². The fourth-order valence-electron chi connectivity index (χ4n) is 1.90. The van der Waals surface area contributed by atoms with Gasteiger partial charge in [-0.2, -0.15) is 0 Å². The van der Waals surface area contributed by atoms with Crippen molar-refractivity contribution >= 4 is 11.3 Å². The smallest absolute Gasteiger partial charge is 0.140 e. The molecule has 0 spiro atoms. The second-order valence-electron chi connectivity index (χ2n) is 4.83. The summed E-state index contributed by atoms with van der Waals surface area (Å²) in [5.41, 5.74) is 8.10. The summed E-state index contributed by atoms with van der Waals surface area (Å²) >= 11 is 1.69. The highest BCUT2D eigenvalue weighted by Gasteiger charge is 2.08. The molecule has 3 nitrogen and oxygen atoms in total. The van der Waals surface area contributed by atoms with E-state index in [2.05, 4.69) is 18.0 Å². The quantitative estimate of drug-likeness (QED) is 0.912. The Morgan fingerprint density at radius 2 is 2.05 bits per heavy atom. The normalized spacial score (nSPS) is 12.4. The number of hydrogen-bond acceptors (Lipinski definition) is 4. The third-order valence-corrected chi connectivity index (χ3v) is 3.98. The first kappa shape index (κ1) is 14.0. The SMILES string of the molecule is Cc1nc(COc2ccccc2CC(C)N)sc1C. The molecule has 102 valence electrons. The van der Waals surface area contributed by atoms with Crippen molar-refractivity contribution in [2.75, 3.05) is 0 Å². The number of rotatable bonds is 5. The molecule has 0 saturated heterocycles. The highest BCUT2D eigenvalue weighted by molar-refractivity contribution is 7.11. The monoisotopic (exact) mass is 276 g/mol. The first-order valence-corrected chi connectivity index (χ1v) is 7.27. The summed E-state index contributed by atoms with van der Waals surface area (Å²) in [6, 6.07) is 8.19. The zero-order valence-corrected chi connectivity index (χ0v) is 12.5. The molecule has 1 atom stereocenters. The number of thiazole rings is 1. The van der Waals surface area contributed by atoms with Gasteiger partial charge in [0.1, 0.15) is 17.4 Å². The number of nitrogens with zero attached hydrogens (tertiary/aromatic N) is 1. The molecule has 1 heterocycles. The van der Waals surface area contributed by atoms with Crippen LogP contribution in [0.2, 0.25) is 0 Å². The molecule has 0 aliphatic carbocycles. The lowest BCUT2D eigenvalue weighted by Crippen LogP contribution is -2.18. The number of ether oxygens (including phenoxy) is 1. The lowest BCUT2D eigenvalue weighted by Gasteiger charge is -2.12. The van der Waals surface area contributed by atoms with E-state index in [1.165, 1.54) is 4.88 Å². The molecule has 0 aliphatic heterocycles. The van der Waals surface area contributed by atoms with Crippen LogP contribution in [0.25, 0.3) is 0 Å². The summed E-state index contributed by atoms with van der Waals surface area (Å²) in [5.74, 6) is 0.908. The summed E-state index contributed by atoms with van der Waals surface area (Å²) in [6.45, 7) is 6.64. The highest BCUT2D eigenvalue weighted by Crippen LogP contribution is 2.22. The lowest BCUT2D eigenvalue weighted by atomic mass is 10.1. The summed E-state index contributed by atoms with van der Waals surface area (Å²) in [7, 11) is 0. The molecule has 19 heavy (non-hydrogen) atoms. The van der Waals surface area contributed by atoms with Crippen LogP contribution >= 0.6 is 11.3 Å². The van der Waals surface area contributed by atoms with Gasteiger partial charge in [0.2, 0.25) is 0 Å². The maximum atomic E-state index is 5.88. The molecule has 1 aromatic heterocycles. The Bertz CT molecular complexity index is 529. The predicted molar refractivity (Wildman–Crippen MR) is 79.7 cm³/mol. The zero-order chi connectivity index (χ0) is 13.8. The first-order chi connectivity index (χ1) is 9.06. The van der Waals surface area contributed by atoms with E-state index in [0.29, 0.717) is 6.61 Å². The largest absolute Gasteiger partial charge is 0.486 e. The predicted octanol–water partition coefficient (Wildman–Crippen LogP) is 3.23. The van der Waals surface area contributed by atoms with Gasteiger partial charge in [-0.15, -0.1) is 11.3 Å². The van der Waals surface area contributed by atoms with E-state index in [0.717, 1.165) is 28.4 Å². The minimum absolute atomic E-state index is 0.133. The second-order valence-corrected chi connectivity index (χ2v) is 6.11. The zero-order valence-electron chi connectivity index (χ0n) is 11.6. The maximum absolute atomic E-state index is 5.88. The Balaban J connectivity index is 2.06. The third-order valence-electron chi connectivity index (χ3n) is 2.94. The second kappa shape index (κ2) is 6.17. The van der Waals surface area contributed by atoms with E-state index < -0.39 is 0 Å². The summed E-state index contributed by atoms with van der Waals surface area (Å²) in [6.07, 6.45) is 0.825. The van der Waals surface area contributed by atoms with Gasteiger partial charge in [-0.1, -0.05) is 18.2 Å². The topological polar surface area (TPSA) is 48.1 Å². The summed E-state index contributed by atoms with van der Waals surface area (Å²) in [5, 5.41) is 1.02. The molecule has 2 N–H and O–H groups in total. The molecule has 0 fully saturated rings. The van der Waals surface area contributed by atoms with Gasteiger partial charge < -0.3 is 10.5 Å². The molecule has 2 rings (SSSR count). The molecule has 0 aliphatic rings. The molecular weight excluding hydrogens is 256 g/mol. The minimum Gasteiger partial charge on any atom is -0.486 e. The van der Waals surface area contributed by atoms with Crippen molar-refractivity contribution in [3.63, 3.8) is 0 Å². The van der Waals surface area contributed by atoms with Crippen LogP contribution in [0.5, 0.6) is 5.75 Å². The Morgan fingerprint density at radius 3 is 2.68 bits per heavy atom. The van der Waals surface area contributed by atoms with E-state index in [9.17, 15) is 0 Å². The highest BCUT2D eigenvalue weighted by atomic mass is 32.1. The van der Waals surface area contributed by atoms with E-state index >= 15 is 0 Å². The molecule has 4 heteroatoms. The average Bonchev–Trinajstić information content (AvgIpc) is 2.67. The third kappa shape index (κ3) is 3.78. The van der Waals surface area contributed by atoms with E-state index in [1.54, 1.807) is 11.3 Å². The van der Waals surface area contributed by atoms with Crippen LogP contribution in [-0.2, 0) is 13.0 Å². The number of aromatic nitrogens is 1. The van der Waals surface area contributed by atoms with Crippen molar-refractivity contribution in [1.82, 2.24) is 4.98 Å². The minimum atomic E-state index is 0.133. The van der Waals surface area contributed by atoms with Crippen LogP contribution in [-0.4, -0.2) is 11.0 Å². The molecule has 0 bridgehead atoms. The maximum Gasteiger partial charge on any atom is 0.140 e. The lowest BCUT2D eigenvalue weighted by molar-refractivity contribution is 0.301. The number of para-hydroxylation sites is 1. The number of aryl methyl sites for hydroxylation is 2. The average molecular weight is 276 g/mol. The first-order valence-electron chi connectivity index (χ1n) is 6.45. The van der Waals surface area contributed by atoms with Gasteiger partial charge in [-0.05, 0) is 38.8 Å². The Labute approximate surface area is 118 Å². The van der Waals surface area contributed by atoms with Crippen molar-refractivity contribution in [2.45, 2.75) is 39.8 Å². The number of hydrogen-bond donors (Lipinski definition) is 1. The fraction of sp³-hybridized carbons (Fsp3) is 0.400. The van der Waals surface area contributed by atoms with Crippen molar-refractivity contribution in [3.05, 3.63) is 45.4 Å². The van der Waals surface area contributed by atoms with Crippen LogP contribution < -0.4 is 10.5 Å². The van der Waals surface area contributed by atoms with E-state index in [-0.39, 0.29) is 6.04 Å².